The van der Waals surface area contributed by atoms with Crippen molar-refractivity contribution < 1.29 is 31.0 Å². The minimum absolute atomic E-state index is 1.03. The first-order valence-electron chi connectivity index (χ1n) is 9.76. The van der Waals surface area contributed by atoms with Crippen molar-refractivity contribution in [3.63, 3.8) is 0 Å². The predicted octanol–water partition coefficient (Wildman–Crippen LogP) is 2.29. The highest BCUT2D eigenvalue weighted by molar-refractivity contribution is 6.74. The maximum Gasteiger partial charge on any atom is 0.320 e. The van der Waals surface area contributed by atoms with Crippen LogP contribution in [-0.2, 0) is 31.0 Å². The topological polar surface area (TPSA) is 64.6 Å². The molecule has 0 fully saturated rings. The van der Waals surface area contributed by atoms with Crippen LogP contribution < -0.4 is 0 Å². The molecule has 0 bridgehead atoms. The fraction of sp³-hybridized carbons (Fsp3) is 1.00. The van der Waals surface area contributed by atoms with Crippen molar-refractivity contribution in [2.75, 3.05) is 49.8 Å². The van der Waals surface area contributed by atoms with Crippen LogP contribution in [0.4, 0.5) is 0 Å². The first-order valence-corrected chi connectivity index (χ1v) is 17.6. The van der Waals surface area contributed by atoms with E-state index in [1.54, 1.807) is 42.7 Å². The second-order valence-corrected chi connectivity index (χ2v) is 18.2. The Morgan fingerprint density at radius 2 is 0.741 bits per heavy atom. The van der Waals surface area contributed by atoms with Gasteiger partial charge in [-0.15, -0.1) is 0 Å². The van der Waals surface area contributed by atoms with Crippen LogP contribution in [0.25, 0.3) is 0 Å². The first kappa shape index (κ1) is 27.6. The van der Waals surface area contributed by atoms with E-state index >= 15 is 0 Å². The Morgan fingerprint density at radius 3 is 0.926 bits per heavy atom. The van der Waals surface area contributed by atoms with Gasteiger partial charge in [0.15, 0.2) is 8.32 Å². The normalized spacial score (nSPS) is 12.7. The molecule has 0 radical (unpaired) electrons. The zero-order chi connectivity index (χ0) is 20.5. The quantitative estimate of drug-likeness (QED) is 0.275. The molecule has 0 atom stereocenters. The van der Waals surface area contributed by atoms with Crippen LogP contribution in [0.15, 0.2) is 0 Å². The molecule has 0 unspecified atom stereocenters. The highest BCUT2D eigenvalue weighted by atomic mass is 28.4. The summed E-state index contributed by atoms with van der Waals surface area (Å²) in [4.78, 5) is 0. The Hall–Kier alpha value is 0.588. The summed E-state index contributed by atoms with van der Waals surface area (Å²) in [6.07, 6.45) is 3.34. The van der Waals surface area contributed by atoms with E-state index in [-0.39, 0.29) is 0 Å². The van der Waals surface area contributed by atoms with E-state index in [0.717, 1.165) is 55.5 Å². The molecule has 0 N–H and O–H groups in total. The first-order chi connectivity index (χ1) is 13.0. The van der Waals surface area contributed by atoms with Crippen LogP contribution in [0.3, 0.4) is 0 Å². The predicted molar refractivity (Wildman–Crippen MR) is 119 cm³/mol. The summed E-state index contributed by atoms with van der Waals surface area (Å²) in [5.74, 6) is 0. The van der Waals surface area contributed by atoms with Crippen molar-refractivity contribution in [2.45, 2.75) is 55.5 Å². The molecule has 0 spiro atoms. The Balaban J connectivity index is 4.74. The molecule has 164 valence electrons. The Labute approximate surface area is 172 Å². The van der Waals surface area contributed by atoms with Crippen molar-refractivity contribution in [1.29, 1.82) is 0 Å². The smallest absolute Gasteiger partial charge is 0.320 e. The van der Waals surface area contributed by atoms with Crippen molar-refractivity contribution in [2.24, 2.45) is 0 Å². The monoisotopic (exact) mass is 458 g/mol. The Kier molecular flexibility index (Phi) is 17.8. The van der Waals surface area contributed by atoms with E-state index in [1.165, 1.54) is 0 Å². The van der Waals surface area contributed by atoms with Gasteiger partial charge in [0.2, 0.25) is 0 Å². The molecule has 0 saturated carbocycles. The molecule has 0 amide bonds. The van der Waals surface area contributed by atoms with Crippen molar-refractivity contribution in [3.8, 4) is 0 Å². The summed E-state index contributed by atoms with van der Waals surface area (Å²) < 4.78 is 39.0. The highest BCUT2D eigenvalue weighted by Gasteiger charge is 2.34. The molecule has 0 saturated heterocycles. The van der Waals surface area contributed by atoms with Gasteiger partial charge >= 0.3 is 27.9 Å². The third-order valence-corrected chi connectivity index (χ3v) is 15.7. The number of hydrogen-bond donors (Lipinski definition) is 0. The van der Waals surface area contributed by atoms with Crippen LogP contribution in [0.1, 0.15) is 19.3 Å². The molecule has 11 heteroatoms. The average molecular weight is 459 g/mol. The second-order valence-electron chi connectivity index (χ2n) is 6.77. The summed E-state index contributed by atoms with van der Waals surface area (Å²) in [5, 5.41) is 0. The lowest BCUT2D eigenvalue weighted by Gasteiger charge is -2.31. The molecular formula is C16H42O7Si4. The molecule has 0 aromatic heterocycles. The summed E-state index contributed by atoms with van der Waals surface area (Å²) >= 11 is 0. The highest BCUT2D eigenvalue weighted by Crippen LogP contribution is 2.30. The Morgan fingerprint density at radius 1 is 0.481 bits per heavy atom. The summed E-state index contributed by atoms with van der Waals surface area (Å²) in [6, 6.07) is 6.55. The van der Waals surface area contributed by atoms with Gasteiger partial charge in [-0.1, -0.05) is 19.3 Å². The Bertz CT molecular complexity index is 284. The van der Waals surface area contributed by atoms with Gasteiger partial charge < -0.3 is 31.0 Å². The maximum absolute atomic E-state index is 6.23. The standard InChI is InChI=1S/C16H42O7Si4/c1-17-24(18-2)11-8-14-27(23-7,15-9-12-25(19-3)20-4)16-10-13-26(21-5)22-6/h24-26H,8-16H2,1-7H3. The van der Waals surface area contributed by atoms with Crippen molar-refractivity contribution in [3.05, 3.63) is 0 Å². The minimum atomic E-state index is -1.81. The van der Waals surface area contributed by atoms with E-state index in [2.05, 4.69) is 0 Å². The molecule has 27 heavy (non-hydrogen) atoms. The maximum atomic E-state index is 6.23. The van der Waals surface area contributed by atoms with Gasteiger partial charge in [-0.2, -0.15) is 0 Å². The molecule has 0 rings (SSSR count). The van der Waals surface area contributed by atoms with E-state index < -0.39 is 36.2 Å². The molecule has 0 aliphatic rings. The van der Waals surface area contributed by atoms with Gasteiger partial charge in [0, 0.05) is 49.8 Å². The van der Waals surface area contributed by atoms with Crippen molar-refractivity contribution >= 4 is 36.2 Å². The molecule has 0 aliphatic heterocycles. The fourth-order valence-electron chi connectivity index (χ4n) is 3.45. The van der Waals surface area contributed by atoms with Crippen LogP contribution in [-0.4, -0.2) is 85.9 Å². The molecule has 0 aromatic rings. The molecule has 0 aromatic carbocycles. The lowest BCUT2D eigenvalue weighted by atomic mass is 10.5. The lowest BCUT2D eigenvalue weighted by molar-refractivity contribution is 0.276. The van der Waals surface area contributed by atoms with Crippen molar-refractivity contribution in [1.82, 2.24) is 0 Å². The van der Waals surface area contributed by atoms with Gasteiger partial charge in [0.05, 0.1) is 0 Å². The number of hydrogen-bond acceptors (Lipinski definition) is 7. The minimum Gasteiger partial charge on any atom is -0.420 e. The SMILES string of the molecule is CO[SiH](CCC[Si](CCC[SiH](OC)OC)(CCC[SiH](OC)OC)OC)OC. The van der Waals surface area contributed by atoms with Gasteiger partial charge in [0.25, 0.3) is 0 Å². The van der Waals surface area contributed by atoms with Gasteiger partial charge in [-0.3, -0.25) is 0 Å². The van der Waals surface area contributed by atoms with E-state index in [0.29, 0.717) is 0 Å². The van der Waals surface area contributed by atoms with E-state index in [1.807, 2.05) is 7.11 Å². The van der Waals surface area contributed by atoms with Gasteiger partial charge in [-0.25, -0.2) is 0 Å². The fourth-order valence-corrected chi connectivity index (χ4v) is 12.2. The third-order valence-electron chi connectivity index (χ3n) is 5.23. The van der Waals surface area contributed by atoms with Crippen LogP contribution in [0, 0.1) is 0 Å². The second kappa shape index (κ2) is 17.4. The van der Waals surface area contributed by atoms with E-state index in [4.69, 9.17) is 31.0 Å². The summed E-state index contributed by atoms with van der Waals surface area (Å²) in [6.45, 7) is 0. The number of rotatable bonds is 19. The molecule has 7 nitrogen and oxygen atoms in total. The van der Waals surface area contributed by atoms with E-state index in [9.17, 15) is 0 Å². The van der Waals surface area contributed by atoms with Crippen LogP contribution in [0.5, 0.6) is 0 Å². The summed E-state index contributed by atoms with van der Waals surface area (Å²) in [5.41, 5.74) is 0. The summed E-state index contributed by atoms with van der Waals surface area (Å²) in [7, 11) is 6.10. The lowest BCUT2D eigenvalue weighted by Crippen LogP contribution is -2.38. The molecular weight excluding hydrogens is 417 g/mol. The third kappa shape index (κ3) is 12.0. The van der Waals surface area contributed by atoms with Crippen LogP contribution in [0.2, 0.25) is 36.3 Å². The van der Waals surface area contributed by atoms with Crippen LogP contribution >= 0.6 is 0 Å². The molecule has 0 aliphatic carbocycles. The molecule has 0 heterocycles. The van der Waals surface area contributed by atoms with Gasteiger partial charge in [0.1, 0.15) is 0 Å². The average Bonchev–Trinajstić information content (AvgIpc) is 2.71. The zero-order valence-electron chi connectivity index (χ0n) is 18.5. The van der Waals surface area contributed by atoms with Gasteiger partial charge in [-0.05, 0) is 36.3 Å². The zero-order valence-corrected chi connectivity index (χ0v) is 22.9. The largest absolute Gasteiger partial charge is 0.420 e.